The van der Waals surface area contributed by atoms with Crippen molar-refractivity contribution >= 4 is 23.4 Å². The van der Waals surface area contributed by atoms with E-state index < -0.39 is 6.36 Å². The second-order valence-electron chi connectivity index (χ2n) is 7.14. The van der Waals surface area contributed by atoms with Crippen molar-refractivity contribution in [1.82, 2.24) is 15.1 Å². The van der Waals surface area contributed by atoms with Gasteiger partial charge in [0.2, 0.25) is 5.76 Å². The third-order valence-corrected chi connectivity index (χ3v) is 4.32. The molecule has 0 unspecified atom stereocenters. The van der Waals surface area contributed by atoms with Crippen LogP contribution in [0, 0.1) is 5.92 Å². The summed E-state index contributed by atoms with van der Waals surface area (Å²) in [5, 5.41) is 4.06. The molecule has 0 aliphatic rings. The van der Waals surface area contributed by atoms with Crippen LogP contribution in [0.2, 0.25) is 0 Å². The topological polar surface area (TPSA) is 63.9 Å². The van der Waals surface area contributed by atoms with E-state index in [4.69, 9.17) is 4.52 Å². The highest BCUT2D eigenvalue weighted by atomic mass is 35.5. The van der Waals surface area contributed by atoms with Gasteiger partial charge in [0.1, 0.15) is 5.75 Å². The zero-order valence-electron chi connectivity index (χ0n) is 16.2. The number of fused-ring (bicyclic) bond motifs is 1. The van der Waals surface area contributed by atoms with Crippen LogP contribution in [-0.4, -0.2) is 21.5 Å². The van der Waals surface area contributed by atoms with Crippen LogP contribution in [0.5, 0.6) is 5.75 Å². The average molecular weight is 438 g/mol. The number of aromatic nitrogens is 3. The number of aromatic amines is 1. The van der Waals surface area contributed by atoms with Gasteiger partial charge in [0, 0.05) is 11.6 Å². The summed E-state index contributed by atoms with van der Waals surface area (Å²) >= 11 is 0. The minimum Gasteiger partial charge on any atom is -0.405 e. The number of benzene rings is 2. The molecule has 158 valence electrons. The number of ether oxygens (including phenoxy) is 1. The number of H-pyrrole nitrogens is 1. The molecule has 0 aliphatic carbocycles. The van der Waals surface area contributed by atoms with E-state index in [-0.39, 0.29) is 18.2 Å². The van der Waals surface area contributed by atoms with E-state index >= 15 is 0 Å². The first-order valence-electron chi connectivity index (χ1n) is 9.09. The molecule has 0 fully saturated rings. The van der Waals surface area contributed by atoms with Gasteiger partial charge in [0.05, 0.1) is 16.7 Å². The highest BCUT2D eigenvalue weighted by Crippen LogP contribution is 2.35. The predicted octanol–water partition coefficient (Wildman–Crippen LogP) is 6.40. The number of imidazole rings is 1. The Morgan fingerprint density at radius 2 is 1.87 bits per heavy atom. The number of rotatable bonds is 5. The van der Waals surface area contributed by atoms with Crippen molar-refractivity contribution in [3.05, 3.63) is 54.2 Å². The largest absolute Gasteiger partial charge is 0.573 e. The summed E-state index contributed by atoms with van der Waals surface area (Å²) in [6, 6.07) is 13.0. The van der Waals surface area contributed by atoms with E-state index in [2.05, 4.69) is 33.7 Å². The number of para-hydroxylation sites is 1. The fraction of sp³-hybridized carbons (Fsp3) is 0.238. The van der Waals surface area contributed by atoms with Gasteiger partial charge in [-0.15, -0.1) is 25.6 Å². The third-order valence-electron chi connectivity index (χ3n) is 4.32. The lowest BCUT2D eigenvalue weighted by Crippen LogP contribution is -2.17. The van der Waals surface area contributed by atoms with Gasteiger partial charge in [-0.3, -0.25) is 0 Å². The number of nitrogens with zero attached hydrogens (tertiary/aromatic N) is 2. The molecule has 2 aromatic carbocycles. The van der Waals surface area contributed by atoms with Crippen molar-refractivity contribution in [2.24, 2.45) is 5.92 Å². The maximum Gasteiger partial charge on any atom is 0.573 e. The second-order valence-corrected chi connectivity index (χ2v) is 7.14. The van der Waals surface area contributed by atoms with Crippen LogP contribution in [-0.2, 0) is 6.42 Å². The van der Waals surface area contributed by atoms with Crippen molar-refractivity contribution in [3.8, 4) is 28.5 Å². The molecule has 0 atom stereocenters. The van der Waals surface area contributed by atoms with Crippen molar-refractivity contribution in [3.63, 3.8) is 0 Å². The zero-order chi connectivity index (χ0) is 20.6. The van der Waals surface area contributed by atoms with Crippen LogP contribution in [0.3, 0.4) is 0 Å². The number of alkyl halides is 3. The van der Waals surface area contributed by atoms with Gasteiger partial charge in [-0.05, 0) is 36.1 Å². The Kier molecular flexibility index (Phi) is 6.07. The molecule has 4 aromatic rings. The third kappa shape index (κ3) is 4.76. The summed E-state index contributed by atoms with van der Waals surface area (Å²) < 4.78 is 47.7. The Bertz CT molecular complexity index is 1150. The van der Waals surface area contributed by atoms with Crippen LogP contribution in [0.25, 0.3) is 33.7 Å². The van der Waals surface area contributed by atoms with Gasteiger partial charge in [-0.25, -0.2) is 4.98 Å². The molecule has 0 bridgehead atoms. The van der Waals surface area contributed by atoms with E-state index in [1.165, 1.54) is 12.1 Å². The molecule has 4 rings (SSSR count). The molecular formula is C21H19ClF3N3O2. The highest BCUT2D eigenvalue weighted by molar-refractivity contribution is 5.86. The molecule has 0 amide bonds. The first-order valence-corrected chi connectivity index (χ1v) is 9.09. The summed E-state index contributed by atoms with van der Waals surface area (Å²) in [7, 11) is 0. The van der Waals surface area contributed by atoms with E-state index in [9.17, 15) is 13.2 Å². The van der Waals surface area contributed by atoms with Gasteiger partial charge in [0.15, 0.2) is 5.82 Å². The molecule has 5 nitrogen and oxygen atoms in total. The zero-order valence-corrected chi connectivity index (χ0v) is 17.0. The summed E-state index contributed by atoms with van der Waals surface area (Å²) in [4.78, 5) is 7.64. The minimum atomic E-state index is -4.76. The normalized spacial score (nSPS) is 11.7. The van der Waals surface area contributed by atoms with Crippen LogP contribution in [0.15, 0.2) is 53.1 Å². The number of halogens is 4. The molecule has 1 N–H and O–H groups in total. The molecule has 0 saturated carbocycles. The maximum atomic E-state index is 12.7. The summed E-state index contributed by atoms with van der Waals surface area (Å²) in [5.41, 5.74) is 3.09. The van der Waals surface area contributed by atoms with E-state index in [1.807, 2.05) is 6.07 Å². The summed E-state index contributed by atoms with van der Waals surface area (Å²) in [6.45, 7) is 4.19. The second kappa shape index (κ2) is 8.39. The SMILES string of the molecule is CC(C)Cc1cc(-c2nc3ccc(-c4ccccc4OC(F)(F)F)cc3[nH]2)on1.Cl. The van der Waals surface area contributed by atoms with Crippen LogP contribution in [0.1, 0.15) is 19.5 Å². The Hall–Kier alpha value is -3.00. The number of nitrogens with one attached hydrogen (secondary N) is 1. The predicted molar refractivity (Wildman–Crippen MR) is 109 cm³/mol. The first-order chi connectivity index (χ1) is 13.8. The lowest BCUT2D eigenvalue weighted by atomic mass is 10.0. The number of hydrogen-bond acceptors (Lipinski definition) is 4. The fourth-order valence-corrected chi connectivity index (χ4v) is 3.15. The molecule has 0 saturated heterocycles. The van der Waals surface area contributed by atoms with E-state index in [0.717, 1.165) is 12.1 Å². The Morgan fingerprint density at radius 1 is 1.10 bits per heavy atom. The fourth-order valence-electron chi connectivity index (χ4n) is 3.15. The minimum absolute atomic E-state index is 0. The average Bonchev–Trinajstić information content (AvgIpc) is 3.26. The quantitative estimate of drug-likeness (QED) is 0.392. The number of hydrogen-bond donors (Lipinski definition) is 1. The van der Waals surface area contributed by atoms with Gasteiger partial charge >= 0.3 is 6.36 Å². The Balaban J connectivity index is 0.00000256. The first kappa shape index (κ1) is 21.7. The van der Waals surface area contributed by atoms with Gasteiger partial charge in [-0.1, -0.05) is 43.3 Å². The van der Waals surface area contributed by atoms with E-state index in [1.54, 1.807) is 30.3 Å². The molecule has 2 aromatic heterocycles. The van der Waals surface area contributed by atoms with E-state index in [0.29, 0.717) is 39.7 Å². The van der Waals surface area contributed by atoms with Crippen molar-refractivity contribution in [1.29, 1.82) is 0 Å². The maximum absolute atomic E-state index is 12.7. The summed E-state index contributed by atoms with van der Waals surface area (Å²) in [6.07, 6.45) is -3.97. The Labute approximate surface area is 176 Å². The molecule has 2 heterocycles. The van der Waals surface area contributed by atoms with Crippen LogP contribution >= 0.6 is 12.4 Å². The van der Waals surface area contributed by atoms with Crippen molar-refractivity contribution < 1.29 is 22.4 Å². The molecule has 0 spiro atoms. The van der Waals surface area contributed by atoms with Gasteiger partial charge < -0.3 is 14.2 Å². The molecule has 9 heteroatoms. The van der Waals surface area contributed by atoms with Gasteiger partial charge in [-0.2, -0.15) is 0 Å². The monoisotopic (exact) mass is 437 g/mol. The highest BCUT2D eigenvalue weighted by Gasteiger charge is 2.32. The van der Waals surface area contributed by atoms with Crippen LogP contribution in [0.4, 0.5) is 13.2 Å². The molecule has 0 aliphatic heterocycles. The smallest absolute Gasteiger partial charge is 0.405 e. The van der Waals surface area contributed by atoms with Crippen LogP contribution < -0.4 is 4.74 Å². The molecule has 30 heavy (non-hydrogen) atoms. The molecule has 0 radical (unpaired) electrons. The molecular weight excluding hydrogens is 419 g/mol. The van der Waals surface area contributed by atoms with Gasteiger partial charge in [0.25, 0.3) is 0 Å². The lowest BCUT2D eigenvalue weighted by molar-refractivity contribution is -0.274. The Morgan fingerprint density at radius 3 is 2.60 bits per heavy atom. The standard InChI is InChI=1S/C21H18F3N3O2.ClH/c1-12(2)9-14-11-19(29-27-14)20-25-16-8-7-13(10-17(16)26-20)15-5-3-4-6-18(15)28-21(22,23)24;/h3-8,10-12H,9H2,1-2H3,(H,25,26);1H. The van der Waals surface area contributed by atoms with Crippen molar-refractivity contribution in [2.45, 2.75) is 26.6 Å². The summed E-state index contributed by atoms with van der Waals surface area (Å²) in [5.74, 6) is 1.22. The van der Waals surface area contributed by atoms with Crippen molar-refractivity contribution in [2.75, 3.05) is 0 Å². The lowest BCUT2D eigenvalue weighted by Gasteiger charge is -2.13.